The lowest BCUT2D eigenvalue weighted by atomic mass is 9.71. The molecule has 1 aromatic carbocycles. The molecule has 1 atom stereocenters. The monoisotopic (exact) mass is 318 g/mol. The van der Waals surface area contributed by atoms with Crippen LogP contribution in [0.1, 0.15) is 18.4 Å². The summed E-state index contributed by atoms with van der Waals surface area (Å²) in [5, 5.41) is 13.1. The summed E-state index contributed by atoms with van der Waals surface area (Å²) in [4.78, 5) is 14.4. The molecule has 1 aromatic rings. The molecule has 2 aliphatic heterocycles. The SMILES string of the molecule is Cc1cccc(OCC(=O)N2CC(CO)C3(CCNCC3)C2)c1. The van der Waals surface area contributed by atoms with Crippen molar-refractivity contribution in [1.29, 1.82) is 0 Å². The van der Waals surface area contributed by atoms with Gasteiger partial charge < -0.3 is 20.1 Å². The highest BCUT2D eigenvalue weighted by atomic mass is 16.5. The zero-order valence-corrected chi connectivity index (χ0v) is 13.8. The molecule has 0 saturated carbocycles. The van der Waals surface area contributed by atoms with E-state index in [2.05, 4.69) is 5.32 Å². The molecule has 23 heavy (non-hydrogen) atoms. The topological polar surface area (TPSA) is 61.8 Å². The molecular formula is C18H26N2O3. The quantitative estimate of drug-likeness (QED) is 0.875. The number of piperidine rings is 1. The van der Waals surface area contributed by atoms with Crippen LogP contribution in [0.15, 0.2) is 24.3 Å². The maximum absolute atomic E-state index is 12.5. The number of carbonyl (C=O) groups is 1. The Morgan fingerprint density at radius 3 is 2.91 bits per heavy atom. The maximum Gasteiger partial charge on any atom is 0.260 e. The van der Waals surface area contributed by atoms with E-state index in [1.165, 1.54) is 0 Å². The van der Waals surface area contributed by atoms with Crippen LogP contribution in [-0.2, 0) is 4.79 Å². The largest absolute Gasteiger partial charge is 0.484 e. The molecule has 0 aromatic heterocycles. The average molecular weight is 318 g/mol. The predicted octanol–water partition coefficient (Wildman–Crippen LogP) is 1.19. The molecule has 2 saturated heterocycles. The lowest BCUT2D eigenvalue weighted by Crippen LogP contribution is -2.43. The van der Waals surface area contributed by atoms with E-state index in [9.17, 15) is 9.90 Å². The fraction of sp³-hybridized carbons (Fsp3) is 0.611. The molecule has 126 valence electrons. The number of aliphatic hydroxyl groups is 1. The Balaban J connectivity index is 1.59. The minimum atomic E-state index is 0.0142. The standard InChI is InChI=1S/C18H26N2O3/c1-14-3-2-4-16(9-14)23-12-17(22)20-10-15(11-21)18(13-20)5-7-19-8-6-18/h2-4,9,15,19,21H,5-8,10-13H2,1H3. The van der Waals surface area contributed by atoms with Crippen LogP contribution in [0.2, 0.25) is 0 Å². The van der Waals surface area contributed by atoms with E-state index in [0.717, 1.165) is 43.8 Å². The molecule has 3 rings (SSSR count). The Bertz CT molecular complexity index is 555. The molecule has 2 aliphatic rings. The molecule has 2 N–H and O–H groups in total. The van der Waals surface area contributed by atoms with Crippen LogP contribution in [-0.4, -0.2) is 55.3 Å². The number of nitrogens with zero attached hydrogens (tertiary/aromatic N) is 1. The summed E-state index contributed by atoms with van der Waals surface area (Å²) in [5.41, 5.74) is 1.20. The summed E-state index contributed by atoms with van der Waals surface area (Å²) in [7, 11) is 0. The van der Waals surface area contributed by atoms with Crippen LogP contribution in [0.5, 0.6) is 5.75 Å². The Labute approximate surface area is 137 Å². The van der Waals surface area contributed by atoms with Gasteiger partial charge in [0.1, 0.15) is 5.75 Å². The number of aliphatic hydroxyl groups excluding tert-OH is 1. The van der Waals surface area contributed by atoms with Gasteiger partial charge in [-0.2, -0.15) is 0 Å². The van der Waals surface area contributed by atoms with Gasteiger partial charge in [0.05, 0.1) is 0 Å². The fourth-order valence-corrected chi connectivity index (χ4v) is 3.91. The van der Waals surface area contributed by atoms with Gasteiger partial charge in [0.25, 0.3) is 5.91 Å². The molecule has 5 heteroatoms. The Kier molecular flexibility index (Phi) is 4.87. The maximum atomic E-state index is 12.5. The average Bonchev–Trinajstić information content (AvgIpc) is 2.91. The third kappa shape index (κ3) is 3.51. The van der Waals surface area contributed by atoms with Crippen molar-refractivity contribution in [3.63, 3.8) is 0 Å². The van der Waals surface area contributed by atoms with Crippen molar-refractivity contribution in [3.05, 3.63) is 29.8 Å². The van der Waals surface area contributed by atoms with Crippen LogP contribution in [0, 0.1) is 18.3 Å². The molecule has 1 unspecified atom stereocenters. The third-order valence-electron chi connectivity index (χ3n) is 5.34. The smallest absolute Gasteiger partial charge is 0.260 e. The first-order valence-corrected chi connectivity index (χ1v) is 8.42. The van der Waals surface area contributed by atoms with Gasteiger partial charge in [-0.3, -0.25) is 4.79 Å². The molecule has 0 aliphatic carbocycles. The van der Waals surface area contributed by atoms with E-state index in [0.29, 0.717) is 6.54 Å². The van der Waals surface area contributed by atoms with Gasteiger partial charge in [-0.25, -0.2) is 0 Å². The lowest BCUT2D eigenvalue weighted by molar-refractivity contribution is -0.132. The van der Waals surface area contributed by atoms with Crippen molar-refractivity contribution in [1.82, 2.24) is 10.2 Å². The number of aryl methyl sites for hydroxylation is 1. The first-order chi connectivity index (χ1) is 11.1. The van der Waals surface area contributed by atoms with Gasteiger partial charge in [-0.05, 0) is 56.0 Å². The van der Waals surface area contributed by atoms with Crippen LogP contribution in [0.3, 0.4) is 0 Å². The predicted molar refractivity (Wildman–Crippen MR) is 88.4 cm³/mol. The molecular weight excluding hydrogens is 292 g/mol. The number of amides is 1. The second-order valence-corrected chi connectivity index (χ2v) is 6.87. The minimum Gasteiger partial charge on any atom is -0.484 e. The summed E-state index contributed by atoms with van der Waals surface area (Å²) in [6.07, 6.45) is 2.06. The number of hydrogen-bond donors (Lipinski definition) is 2. The van der Waals surface area contributed by atoms with Gasteiger partial charge in [0.2, 0.25) is 0 Å². The summed E-state index contributed by atoms with van der Waals surface area (Å²) in [6, 6.07) is 7.73. The molecule has 0 radical (unpaired) electrons. The number of hydrogen-bond acceptors (Lipinski definition) is 4. The second kappa shape index (κ2) is 6.89. The Morgan fingerprint density at radius 2 is 2.22 bits per heavy atom. The zero-order valence-electron chi connectivity index (χ0n) is 13.8. The van der Waals surface area contributed by atoms with Gasteiger partial charge in [-0.1, -0.05) is 12.1 Å². The van der Waals surface area contributed by atoms with Crippen molar-refractivity contribution in [3.8, 4) is 5.75 Å². The van der Waals surface area contributed by atoms with Crippen LogP contribution >= 0.6 is 0 Å². The highest BCUT2D eigenvalue weighted by Gasteiger charge is 2.47. The number of nitrogens with one attached hydrogen (secondary N) is 1. The number of carbonyl (C=O) groups excluding carboxylic acids is 1. The summed E-state index contributed by atoms with van der Waals surface area (Å²) in [6.45, 7) is 5.55. The molecule has 5 nitrogen and oxygen atoms in total. The number of rotatable bonds is 4. The first-order valence-electron chi connectivity index (χ1n) is 8.42. The Hall–Kier alpha value is -1.59. The number of benzene rings is 1. The second-order valence-electron chi connectivity index (χ2n) is 6.87. The minimum absolute atomic E-state index is 0.0142. The third-order valence-corrected chi connectivity index (χ3v) is 5.34. The summed E-state index contributed by atoms with van der Waals surface area (Å²) in [5.74, 6) is 0.931. The molecule has 1 spiro atoms. The Morgan fingerprint density at radius 1 is 1.43 bits per heavy atom. The van der Waals surface area contributed by atoms with Crippen LogP contribution in [0.4, 0.5) is 0 Å². The first kappa shape index (κ1) is 16.3. The normalized spacial score (nSPS) is 23.2. The van der Waals surface area contributed by atoms with E-state index in [1.54, 1.807) is 0 Å². The van der Waals surface area contributed by atoms with Gasteiger partial charge in [0, 0.05) is 25.6 Å². The summed E-state index contributed by atoms with van der Waals surface area (Å²) >= 11 is 0. The highest BCUT2D eigenvalue weighted by molar-refractivity contribution is 5.78. The van der Waals surface area contributed by atoms with Crippen molar-refractivity contribution in [2.24, 2.45) is 11.3 Å². The fourth-order valence-electron chi connectivity index (χ4n) is 3.91. The zero-order chi connectivity index (χ0) is 16.3. The van der Waals surface area contributed by atoms with Gasteiger partial charge in [-0.15, -0.1) is 0 Å². The van der Waals surface area contributed by atoms with E-state index in [-0.39, 0.29) is 30.5 Å². The summed E-state index contributed by atoms with van der Waals surface area (Å²) < 4.78 is 5.64. The van der Waals surface area contributed by atoms with Crippen molar-refractivity contribution < 1.29 is 14.6 Å². The molecule has 2 heterocycles. The van der Waals surface area contributed by atoms with E-state index < -0.39 is 0 Å². The molecule has 2 fully saturated rings. The number of likely N-dealkylation sites (tertiary alicyclic amines) is 1. The van der Waals surface area contributed by atoms with Crippen LogP contribution in [0.25, 0.3) is 0 Å². The number of ether oxygens (including phenoxy) is 1. The van der Waals surface area contributed by atoms with E-state index >= 15 is 0 Å². The lowest BCUT2D eigenvalue weighted by Gasteiger charge is -2.37. The van der Waals surface area contributed by atoms with Gasteiger partial charge >= 0.3 is 0 Å². The van der Waals surface area contributed by atoms with E-state index in [1.807, 2.05) is 36.1 Å². The van der Waals surface area contributed by atoms with Crippen molar-refractivity contribution in [2.75, 3.05) is 39.4 Å². The van der Waals surface area contributed by atoms with Crippen molar-refractivity contribution >= 4 is 5.91 Å². The van der Waals surface area contributed by atoms with E-state index in [4.69, 9.17) is 4.74 Å². The highest BCUT2D eigenvalue weighted by Crippen LogP contribution is 2.43. The molecule has 1 amide bonds. The van der Waals surface area contributed by atoms with Crippen molar-refractivity contribution in [2.45, 2.75) is 19.8 Å². The van der Waals surface area contributed by atoms with Gasteiger partial charge in [0.15, 0.2) is 6.61 Å². The van der Waals surface area contributed by atoms with Crippen LogP contribution < -0.4 is 10.1 Å². The molecule has 0 bridgehead atoms.